The van der Waals surface area contributed by atoms with E-state index in [0.717, 1.165) is 9.35 Å². The van der Waals surface area contributed by atoms with Crippen molar-refractivity contribution in [2.45, 2.75) is 0 Å². The maximum Gasteiger partial charge on any atom is 0.185 e. The van der Waals surface area contributed by atoms with Crippen LogP contribution in [0.25, 0.3) is 6.08 Å². The lowest BCUT2D eigenvalue weighted by Gasteiger charge is -1.94. The minimum Gasteiger partial charge on any atom is -0.289 e. The van der Waals surface area contributed by atoms with Gasteiger partial charge < -0.3 is 0 Å². The predicted molar refractivity (Wildman–Crippen MR) is 71.8 cm³/mol. The standard InChI is InChI=1S/C13H8BrFOS/c14-10-7-12(17-8-10)4-5-13(16)9-2-1-3-11(15)6-9/h1-8H/b5-4+. The highest BCUT2D eigenvalue weighted by atomic mass is 79.9. The number of thiophene rings is 1. The molecule has 0 aliphatic rings. The van der Waals surface area contributed by atoms with Crippen molar-refractivity contribution >= 4 is 39.1 Å². The van der Waals surface area contributed by atoms with E-state index < -0.39 is 5.82 Å². The number of halogens is 2. The van der Waals surface area contributed by atoms with Gasteiger partial charge in [0, 0.05) is 20.3 Å². The Balaban J connectivity index is 2.14. The second kappa shape index (κ2) is 5.38. The Kier molecular flexibility index (Phi) is 3.86. The van der Waals surface area contributed by atoms with Crippen LogP contribution in [0.2, 0.25) is 0 Å². The molecule has 1 heterocycles. The molecule has 1 aromatic carbocycles. The van der Waals surface area contributed by atoms with E-state index in [1.54, 1.807) is 12.1 Å². The zero-order valence-electron chi connectivity index (χ0n) is 8.69. The Morgan fingerprint density at radius 2 is 2.18 bits per heavy atom. The maximum atomic E-state index is 12.9. The van der Waals surface area contributed by atoms with Gasteiger partial charge in [0.25, 0.3) is 0 Å². The molecule has 0 radical (unpaired) electrons. The van der Waals surface area contributed by atoms with Gasteiger partial charge in [-0.1, -0.05) is 12.1 Å². The minimum atomic E-state index is -0.400. The van der Waals surface area contributed by atoms with Crippen LogP contribution in [0, 0.1) is 5.82 Å². The maximum absolute atomic E-state index is 12.9. The lowest BCUT2D eigenvalue weighted by atomic mass is 10.1. The van der Waals surface area contributed by atoms with Crippen LogP contribution in [-0.2, 0) is 0 Å². The van der Waals surface area contributed by atoms with Crippen molar-refractivity contribution in [1.82, 2.24) is 0 Å². The van der Waals surface area contributed by atoms with Crippen LogP contribution in [0.3, 0.4) is 0 Å². The van der Waals surface area contributed by atoms with Crippen LogP contribution < -0.4 is 0 Å². The number of hydrogen-bond donors (Lipinski definition) is 0. The molecule has 2 aromatic rings. The molecule has 0 unspecified atom stereocenters. The third-order valence-electron chi connectivity index (χ3n) is 2.10. The van der Waals surface area contributed by atoms with Crippen LogP contribution in [0.4, 0.5) is 4.39 Å². The van der Waals surface area contributed by atoms with Crippen LogP contribution in [-0.4, -0.2) is 5.78 Å². The molecule has 86 valence electrons. The van der Waals surface area contributed by atoms with E-state index >= 15 is 0 Å². The lowest BCUT2D eigenvalue weighted by molar-refractivity contribution is 0.104. The first-order valence-electron chi connectivity index (χ1n) is 4.87. The van der Waals surface area contributed by atoms with Crippen molar-refractivity contribution in [2.24, 2.45) is 0 Å². The molecule has 4 heteroatoms. The molecule has 0 spiro atoms. The van der Waals surface area contributed by atoms with Crippen LogP contribution in [0.1, 0.15) is 15.2 Å². The van der Waals surface area contributed by atoms with E-state index in [-0.39, 0.29) is 5.78 Å². The lowest BCUT2D eigenvalue weighted by Crippen LogP contribution is -1.94. The molecular formula is C13H8BrFOS. The molecule has 1 nitrogen and oxygen atoms in total. The first-order chi connectivity index (χ1) is 8.15. The number of hydrogen-bond acceptors (Lipinski definition) is 2. The summed E-state index contributed by atoms with van der Waals surface area (Å²) in [5.74, 6) is -0.600. The predicted octanol–water partition coefficient (Wildman–Crippen LogP) is 4.55. The normalized spacial score (nSPS) is 10.9. The Morgan fingerprint density at radius 1 is 1.35 bits per heavy atom. The van der Waals surface area contributed by atoms with Crippen molar-refractivity contribution in [2.75, 3.05) is 0 Å². The number of carbonyl (C=O) groups is 1. The van der Waals surface area contributed by atoms with Gasteiger partial charge in [-0.2, -0.15) is 0 Å². The molecule has 0 saturated heterocycles. The Hall–Kier alpha value is -1.26. The minimum absolute atomic E-state index is 0.200. The van der Waals surface area contributed by atoms with Crippen LogP contribution >= 0.6 is 27.3 Å². The van der Waals surface area contributed by atoms with Crippen molar-refractivity contribution in [3.8, 4) is 0 Å². The summed E-state index contributed by atoms with van der Waals surface area (Å²) in [5, 5.41) is 1.94. The van der Waals surface area contributed by atoms with E-state index in [9.17, 15) is 9.18 Å². The quantitative estimate of drug-likeness (QED) is 0.600. The second-order valence-corrected chi connectivity index (χ2v) is 5.23. The van der Waals surface area contributed by atoms with Gasteiger partial charge in [-0.05, 0) is 46.3 Å². The Bertz CT molecular complexity index is 574. The molecule has 0 aliphatic carbocycles. The molecule has 17 heavy (non-hydrogen) atoms. The number of ketones is 1. The van der Waals surface area contributed by atoms with Crippen molar-refractivity contribution in [1.29, 1.82) is 0 Å². The fourth-order valence-electron chi connectivity index (χ4n) is 1.31. The van der Waals surface area contributed by atoms with Gasteiger partial charge in [0.15, 0.2) is 5.78 Å². The second-order valence-electron chi connectivity index (χ2n) is 3.38. The molecule has 0 amide bonds. The molecule has 2 rings (SSSR count). The van der Waals surface area contributed by atoms with Gasteiger partial charge in [0.05, 0.1) is 0 Å². The van der Waals surface area contributed by atoms with E-state index in [0.29, 0.717) is 5.56 Å². The first kappa shape index (κ1) is 12.2. The molecular weight excluding hydrogens is 303 g/mol. The number of rotatable bonds is 3. The van der Waals surface area contributed by atoms with Crippen molar-refractivity contribution in [3.05, 3.63) is 62.5 Å². The number of allylic oxidation sites excluding steroid dienone is 1. The van der Waals surface area contributed by atoms with E-state index in [1.807, 2.05) is 11.4 Å². The van der Waals surface area contributed by atoms with E-state index in [1.165, 1.54) is 35.6 Å². The molecule has 0 bridgehead atoms. The summed E-state index contributed by atoms with van der Waals surface area (Å²) in [6.07, 6.45) is 3.18. The summed E-state index contributed by atoms with van der Waals surface area (Å²) in [6, 6.07) is 7.59. The highest BCUT2D eigenvalue weighted by Crippen LogP contribution is 2.21. The van der Waals surface area contributed by atoms with Gasteiger partial charge in [0.1, 0.15) is 5.82 Å². The van der Waals surface area contributed by atoms with Gasteiger partial charge >= 0.3 is 0 Å². The zero-order valence-corrected chi connectivity index (χ0v) is 11.1. The summed E-state index contributed by atoms with van der Waals surface area (Å²) in [5.41, 5.74) is 0.358. The largest absolute Gasteiger partial charge is 0.289 e. The highest BCUT2D eigenvalue weighted by molar-refractivity contribution is 9.10. The fraction of sp³-hybridized carbons (Fsp3) is 0. The number of carbonyl (C=O) groups excluding carboxylic acids is 1. The fourth-order valence-corrected chi connectivity index (χ4v) is 2.65. The molecule has 0 atom stereocenters. The van der Waals surface area contributed by atoms with Crippen LogP contribution in [0.15, 0.2) is 46.3 Å². The molecule has 0 N–H and O–H groups in total. The first-order valence-corrected chi connectivity index (χ1v) is 6.54. The van der Waals surface area contributed by atoms with Gasteiger partial charge in [-0.3, -0.25) is 4.79 Å². The Labute approximate surface area is 111 Å². The molecule has 1 aromatic heterocycles. The van der Waals surface area contributed by atoms with Crippen molar-refractivity contribution < 1.29 is 9.18 Å². The summed E-state index contributed by atoms with van der Waals surface area (Å²) in [4.78, 5) is 12.7. The summed E-state index contributed by atoms with van der Waals surface area (Å²) >= 11 is 4.87. The zero-order chi connectivity index (χ0) is 12.3. The summed E-state index contributed by atoms with van der Waals surface area (Å²) in [6.45, 7) is 0. The van der Waals surface area contributed by atoms with Gasteiger partial charge in [-0.25, -0.2) is 4.39 Å². The number of benzene rings is 1. The topological polar surface area (TPSA) is 17.1 Å². The third kappa shape index (κ3) is 3.35. The summed E-state index contributed by atoms with van der Waals surface area (Å²) in [7, 11) is 0. The van der Waals surface area contributed by atoms with Gasteiger partial charge in [-0.15, -0.1) is 11.3 Å². The average molecular weight is 311 g/mol. The van der Waals surface area contributed by atoms with E-state index in [4.69, 9.17) is 0 Å². The molecule has 0 aliphatic heterocycles. The smallest absolute Gasteiger partial charge is 0.185 e. The van der Waals surface area contributed by atoms with Gasteiger partial charge in [0.2, 0.25) is 0 Å². The van der Waals surface area contributed by atoms with Crippen LogP contribution in [0.5, 0.6) is 0 Å². The summed E-state index contributed by atoms with van der Waals surface area (Å²) < 4.78 is 13.9. The van der Waals surface area contributed by atoms with E-state index in [2.05, 4.69) is 15.9 Å². The van der Waals surface area contributed by atoms with Crippen molar-refractivity contribution in [3.63, 3.8) is 0 Å². The monoisotopic (exact) mass is 310 g/mol. The SMILES string of the molecule is O=C(/C=C/c1cc(Br)cs1)c1cccc(F)c1. The third-order valence-corrected chi connectivity index (χ3v) is 3.75. The highest BCUT2D eigenvalue weighted by Gasteiger charge is 2.02. The average Bonchev–Trinajstić information content (AvgIpc) is 2.72. The molecule has 0 saturated carbocycles. The molecule has 0 fully saturated rings. The Morgan fingerprint density at radius 3 is 2.82 bits per heavy atom.